The summed E-state index contributed by atoms with van der Waals surface area (Å²) in [6, 6.07) is 8.26. The van der Waals surface area contributed by atoms with Gasteiger partial charge in [-0.05, 0) is 85.8 Å². The van der Waals surface area contributed by atoms with Crippen LogP contribution in [0.2, 0.25) is 0 Å². The van der Waals surface area contributed by atoms with Crippen LogP contribution in [0, 0.1) is 0 Å². The van der Waals surface area contributed by atoms with Crippen molar-refractivity contribution in [2.45, 2.75) is 52.4 Å². The van der Waals surface area contributed by atoms with E-state index in [0.29, 0.717) is 0 Å². The molecule has 2 nitrogen and oxygen atoms in total. The van der Waals surface area contributed by atoms with Gasteiger partial charge in [0.05, 0.1) is 0 Å². The van der Waals surface area contributed by atoms with Crippen LogP contribution >= 0.6 is 0 Å². The van der Waals surface area contributed by atoms with E-state index in [1.807, 2.05) is 12.1 Å². The molecule has 24 heavy (non-hydrogen) atoms. The molecule has 0 heterocycles. The number of benzene rings is 2. The summed E-state index contributed by atoms with van der Waals surface area (Å²) in [7, 11) is 0. The Hall–Kier alpha value is -2.22. The van der Waals surface area contributed by atoms with Gasteiger partial charge in [0.15, 0.2) is 11.6 Å². The second kappa shape index (κ2) is 5.70. The third-order valence-corrected chi connectivity index (χ3v) is 5.62. The molecule has 0 atom stereocenters. The first-order valence-electron chi connectivity index (χ1n) is 8.89. The Morgan fingerprint density at radius 2 is 1.00 bits per heavy atom. The largest absolute Gasteiger partial charge is 0.295 e. The van der Waals surface area contributed by atoms with E-state index in [1.165, 1.54) is 33.4 Å². The molecule has 2 aliphatic carbocycles. The van der Waals surface area contributed by atoms with E-state index in [9.17, 15) is 9.59 Å². The van der Waals surface area contributed by atoms with E-state index in [4.69, 9.17) is 0 Å². The first-order valence-corrected chi connectivity index (χ1v) is 8.89. The number of rotatable bonds is 3. The second-order valence-corrected chi connectivity index (χ2v) is 7.06. The summed E-state index contributed by atoms with van der Waals surface area (Å²) in [4.78, 5) is 23.8. The normalized spacial score (nSPS) is 15.2. The van der Waals surface area contributed by atoms with Crippen LogP contribution in [0.25, 0.3) is 11.1 Å². The Bertz CT molecular complexity index is 801. The van der Waals surface area contributed by atoms with Crippen LogP contribution in [0.4, 0.5) is 0 Å². The maximum atomic E-state index is 11.9. The summed E-state index contributed by atoms with van der Waals surface area (Å²) in [6.45, 7) is 3.32. The van der Waals surface area contributed by atoms with Crippen LogP contribution in [-0.2, 0) is 25.7 Å². The Balaban J connectivity index is 1.93. The van der Waals surface area contributed by atoms with Gasteiger partial charge in [-0.2, -0.15) is 0 Å². The molecule has 0 saturated carbocycles. The first-order chi connectivity index (χ1) is 11.6. The Kier molecular flexibility index (Phi) is 3.64. The zero-order valence-corrected chi connectivity index (χ0v) is 14.4. The number of ketones is 2. The van der Waals surface area contributed by atoms with E-state index in [-0.39, 0.29) is 11.6 Å². The van der Waals surface area contributed by atoms with E-state index in [2.05, 4.69) is 12.1 Å². The molecule has 122 valence electrons. The van der Waals surface area contributed by atoms with Crippen molar-refractivity contribution in [3.63, 3.8) is 0 Å². The van der Waals surface area contributed by atoms with E-state index in [1.54, 1.807) is 13.8 Å². The fourth-order valence-electron chi connectivity index (χ4n) is 4.58. The minimum Gasteiger partial charge on any atom is -0.295 e. The number of carbonyl (C=O) groups excluding carboxylic acids is 2. The molecular weight excluding hydrogens is 296 g/mol. The van der Waals surface area contributed by atoms with Crippen molar-refractivity contribution < 1.29 is 9.59 Å². The number of hydrogen-bond acceptors (Lipinski definition) is 2. The van der Waals surface area contributed by atoms with Crippen LogP contribution in [0.3, 0.4) is 0 Å². The van der Waals surface area contributed by atoms with Crippen molar-refractivity contribution in [2.75, 3.05) is 0 Å². The molecule has 2 aromatic rings. The summed E-state index contributed by atoms with van der Waals surface area (Å²) < 4.78 is 0. The third-order valence-electron chi connectivity index (χ3n) is 5.62. The molecule has 0 fully saturated rings. The highest BCUT2D eigenvalue weighted by molar-refractivity contribution is 5.99. The molecule has 2 aromatic carbocycles. The highest BCUT2D eigenvalue weighted by Crippen LogP contribution is 2.40. The topological polar surface area (TPSA) is 34.1 Å². The van der Waals surface area contributed by atoms with Gasteiger partial charge in [0, 0.05) is 11.1 Å². The van der Waals surface area contributed by atoms with Gasteiger partial charge in [0.25, 0.3) is 0 Å². The molecule has 0 aliphatic heterocycles. The molecule has 0 unspecified atom stereocenters. The predicted octanol–water partition coefficient (Wildman–Crippen LogP) is 4.74. The standard InChI is InChI=1S/C22H22O2/c1-13(23)15-9-11-21(19-7-3-5-17(15)19)22-12-10-16(14(2)24)18-6-4-8-20(18)22/h9-12H,3-8H2,1-2H3. The molecule has 4 rings (SSSR count). The summed E-state index contributed by atoms with van der Waals surface area (Å²) in [6.07, 6.45) is 6.36. The Morgan fingerprint density at radius 1 is 0.625 bits per heavy atom. The van der Waals surface area contributed by atoms with Gasteiger partial charge in [0.2, 0.25) is 0 Å². The summed E-state index contributed by atoms with van der Waals surface area (Å²) in [5.41, 5.74) is 9.55. The first kappa shape index (κ1) is 15.3. The third kappa shape index (κ3) is 2.24. The van der Waals surface area contributed by atoms with Gasteiger partial charge in [-0.1, -0.05) is 24.3 Å². The van der Waals surface area contributed by atoms with E-state index >= 15 is 0 Å². The van der Waals surface area contributed by atoms with Gasteiger partial charge in [-0.25, -0.2) is 0 Å². The lowest BCUT2D eigenvalue weighted by Gasteiger charge is -2.16. The van der Waals surface area contributed by atoms with Crippen molar-refractivity contribution in [3.8, 4) is 11.1 Å². The molecule has 2 aliphatic rings. The minimum absolute atomic E-state index is 0.164. The highest BCUT2D eigenvalue weighted by Gasteiger charge is 2.25. The van der Waals surface area contributed by atoms with Crippen LogP contribution in [0.1, 0.15) is 69.7 Å². The zero-order valence-electron chi connectivity index (χ0n) is 14.4. The average Bonchev–Trinajstić information content (AvgIpc) is 3.21. The smallest absolute Gasteiger partial charge is 0.160 e. The monoisotopic (exact) mass is 318 g/mol. The van der Waals surface area contributed by atoms with Gasteiger partial charge >= 0.3 is 0 Å². The lowest BCUT2D eigenvalue weighted by molar-refractivity contribution is 0.100. The molecule has 0 amide bonds. The molecule has 0 bridgehead atoms. The van der Waals surface area contributed by atoms with Crippen molar-refractivity contribution in [1.29, 1.82) is 0 Å². The Labute approximate surface area is 142 Å². The van der Waals surface area contributed by atoms with Crippen LogP contribution < -0.4 is 0 Å². The molecule has 0 spiro atoms. The summed E-state index contributed by atoms with van der Waals surface area (Å²) >= 11 is 0. The van der Waals surface area contributed by atoms with Gasteiger partial charge in [0.1, 0.15) is 0 Å². The maximum absolute atomic E-state index is 11.9. The molecule has 0 saturated heterocycles. The fraction of sp³-hybridized carbons (Fsp3) is 0.364. The van der Waals surface area contributed by atoms with Crippen LogP contribution in [-0.4, -0.2) is 11.6 Å². The highest BCUT2D eigenvalue weighted by atomic mass is 16.1. The molecule has 2 heteroatoms. The fourth-order valence-corrected chi connectivity index (χ4v) is 4.58. The number of fused-ring (bicyclic) bond motifs is 2. The lowest BCUT2D eigenvalue weighted by Crippen LogP contribution is -2.03. The second-order valence-electron chi connectivity index (χ2n) is 7.06. The van der Waals surface area contributed by atoms with Crippen molar-refractivity contribution in [2.24, 2.45) is 0 Å². The van der Waals surface area contributed by atoms with Gasteiger partial charge < -0.3 is 0 Å². The van der Waals surface area contributed by atoms with E-state index < -0.39 is 0 Å². The lowest BCUT2D eigenvalue weighted by atomic mass is 9.87. The molecule has 0 radical (unpaired) electrons. The van der Waals surface area contributed by atoms with Crippen molar-refractivity contribution in [3.05, 3.63) is 57.6 Å². The SMILES string of the molecule is CC(=O)c1ccc(-c2ccc(C(C)=O)c3c2CCC3)c2c1CCC2. The molecule has 0 N–H and O–H groups in total. The van der Waals surface area contributed by atoms with Crippen LogP contribution in [0.5, 0.6) is 0 Å². The quantitative estimate of drug-likeness (QED) is 0.766. The molecular formula is C22H22O2. The zero-order chi connectivity index (χ0) is 16.8. The Morgan fingerprint density at radius 3 is 1.38 bits per heavy atom. The van der Waals surface area contributed by atoms with Crippen LogP contribution in [0.15, 0.2) is 24.3 Å². The number of Topliss-reactive ketones (excluding diaryl/α,β-unsaturated/α-hetero) is 2. The minimum atomic E-state index is 0.164. The van der Waals surface area contributed by atoms with E-state index in [0.717, 1.165) is 49.7 Å². The number of carbonyl (C=O) groups is 2. The maximum Gasteiger partial charge on any atom is 0.160 e. The number of hydrogen-bond donors (Lipinski definition) is 0. The van der Waals surface area contributed by atoms with Gasteiger partial charge in [-0.15, -0.1) is 0 Å². The van der Waals surface area contributed by atoms with Crippen molar-refractivity contribution >= 4 is 11.6 Å². The predicted molar refractivity (Wildman–Crippen MR) is 95.9 cm³/mol. The average molecular weight is 318 g/mol. The van der Waals surface area contributed by atoms with Crippen molar-refractivity contribution in [1.82, 2.24) is 0 Å². The van der Waals surface area contributed by atoms with Gasteiger partial charge in [-0.3, -0.25) is 9.59 Å². The summed E-state index contributed by atoms with van der Waals surface area (Å²) in [5, 5.41) is 0. The summed E-state index contributed by atoms with van der Waals surface area (Å²) in [5.74, 6) is 0.328. The molecule has 0 aromatic heterocycles.